The van der Waals surface area contributed by atoms with Crippen LogP contribution in [0.15, 0.2) is 47.4 Å². The van der Waals surface area contributed by atoms with E-state index >= 15 is 0 Å². The summed E-state index contributed by atoms with van der Waals surface area (Å²) in [6.07, 6.45) is 0. The first-order valence-electron chi connectivity index (χ1n) is 10.2. The van der Waals surface area contributed by atoms with Crippen LogP contribution in [-0.2, 0) is 26.1 Å². The fourth-order valence-electron chi connectivity index (χ4n) is 3.01. The number of benzene rings is 2. The molecule has 0 saturated carbocycles. The molecule has 0 aliphatic carbocycles. The molecule has 0 atom stereocenters. The summed E-state index contributed by atoms with van der Waals surface area (Å²) in [5.41, 5.74) is 0.791. The van der Waals surface area contributed by atoms with Crippen molar-refractivity contribution < 1.29 is 32.2 Å². The lowest BCUT2D eigenvalue weighted by molar-refractivity contribution is -0.141. The molecule has 180 valence electrons. The van der Waals surface area contributed by atoms with Crippen molar-refractivity contribution in [3.05, 3.63) is 53.6 Å². The van der Waals surface area contributed by atoms with Crippen molar-refractivity contribution >= 4 is 21.9 Å². The number of rotatable bonds is 10. The third-order valence-electron chi connectivity index (χ3n) is 5.10. The van der Waals surface area contributed by atoms with Crippen molar-refractivity contribution in [2.75, 3.05) is 34.9 Å². The van der Waals surface area contributed by atoms with Crippen molar-refractivity contribution in [1.29, 1.82) is 0 Å². The number of ether oxygens (including phenoxy) is 3. The Kier molecular flexibility index (Phi) is 8.84. The zero-order valence-electron chi connectivity index (χ0n) is 19.7. The minimum absolute atomic E-state index is 0.00869. The van der Waals surface area contributed by atoms with Crippen LogP contribution in [0.3, 0.4) is 0 Å². The van der Waals surface area contributed by atoms with E-state index in [0.717, 1.165) is 0 Å². The molecule has 0 spiro atoms. The van der Waals surface area contributed by atoms with Gasteiger partial charge in [0.25, 0.3) is 5.91 Å². The Bertz CT molecular complexity index is 1080. The molecule has 0 aliphatic heterocycles. The van der Waals surface area contributed by atoms with Crippen LogP contribution < -0.4 is 9.47 Å². The van der Waals surface area contributed by atoms with E-state index in [1.807, 2.05) is 0 Å². The molecule has 2 aromatic rings. The molecule has 0 N–H and O–H groups in total. The van der Waals surface area contributed by atoms with Crippen LogP contribution in [0.5, 0.6) is 11.5 Å². The molecular formula is C23H30N2O7S. The fourth-order valence-corrected chi connectivity index (χ4v) is 4.43. The molecule has 0 unspecified atom stereocenters. The normalized spacial score (nSPS) is 11.4. The second-order valence-corrected chi connectivity index (χ2v) is 9.60. The first-order chi connectivity index (χ1) is 15.5. The molecular weight excluding hydrogens is 448 g/mol. The first kappa shape index (κ1) is 26.1. The summed E-state index contributed by atoms with van der Waals surface area (Å²) < 4.78 is 42.3. The molecule has 0 heterocycles. The van der Waals surface area contributed by atoms with Crippen LogP contribution in [0.25, 0.3) is 0 Å². The standard InChI is InChI=1S/C23H30N2O7S/c1-16(2)24(3)33(28,29)21-9-7-8-18(12-21)23(27)25(15-22(26)32-6)14-17-10-19(30-4)13-20(11-17)31-5/h7-13,16H,14-15H2,1-6H3. The van der Waals surface area contributed by atoms with Crippen molar-refractivity contribution in [3.63, 3.8) is 0 Å². The van der Waals surface area contributed by atoms with Gasteiger partial charge < -0.3 is 19.1 Å². The zero-order valence-corrected chi connectivity index (χ0v) is 20.5. The van der Waals surface area contributed by atoms with Crippen molar-refractivity contribution in [3.8, 4) is 11.5 Å². The Hall–Kier alpha value is -3.11. The monoisotopic (exact) mass is 478 g/mol. The molecule has 9 nitrogen and oxygen atoms in total. The number of amides is 1. The first-order valence-corrected chi connectivity index (χ1v) is 11.6. The van der Waals surface area contributed by atoms with Crippen LogP contribution >= 0.6 is 0 Å². The number of nitrogens with zero attached hydrogens (tertiary/aromatic N) is 2. The van der Waals surface area contributed by atoms with E-state index in [1.54, 1.807) is 32.0 Å². The van der Waals surface area contributed by atoms with Gasteiger partial charge in [-0.05, 0) is 49.7 Å². The van der Waals surface area contributed by atoms with E-state index in [1.165, 1.54) is 61.8 Å². The number of methoxy groups -OCH3 is 3. The Morgan fingerprint density at radius 3 is 2.09 bits per heavy atom. The van der Waals surface area contributed by atoms with Gasteiger partial charge in [-0.25, -0.2) is 8.42 Å². The van der Waals surface area contributed by atoms with Crippen LogP contribution in [-0.4, -0.2) is 70.5 Å². The molecule has 2 aromatic carbocycles. The average molecular weight is 479 g/mol. The second-order valence-electron chi connectivity index (χ2n) is 7.60. The smallest absolute Gasteiger partial charge is 0.325 e. The fraction of sp³-hybridized carbons (Fsp3) is 0.391. The van der Waals surface area contributed by atoms with Gasteiger partial charge in [-0.3, -0.25) is 9.59 Å². The Morgan fingerprint density at radius 1 is 0.970 bits per heavy atom. The average Bonchev–Trinajstić information content (AvgIpc) is 2.82. The van der Waals surface area contributed by atoms with Crippen LogP contribution in [0.2, 0.25) is 0 Å². The molecule has 0 aliphatic rings. The molecule has 0 radical (unpaired) electrons. The van der Waals surface area contributed by atoms with Crippen LogP contribution in [0.4, 0.5) is 0 Å². The number of hydrogen-bond donors (Lipinski definition) is 0. The molecule has 2 rings (SSSR count). The van der Waals surface area contributed by atoms with Gasteiger partial charge in [-0.2, -0.15) is 4.31 Å². The van der Waals surface area contributed by atoms with Crippen LogP contribution in [0, 0.1) is 0 Å². The third kappa shape index (κ3) is 6.45. The molecule has 1 amide bonds. The van der Waals surface area contributed by atoms with Crippen molar-refractivity contribution in [2.24, 2.45) is 0 Å². The van der Waals surface area contributed by atoms with E-state index < -0.39 is 21.9 Å². The highest BCUT2D eigenvalue weighted by Gasteiger charge is 2.26. The molecule has 0 bridgehead atoms. The van der Waals surface area contributed by atoms with Gasteiger partial charge in [0.2, 0.25) is 10.0 Å². The number of sulfonamides is 1. The van der Waals surface area contributed by atoms with E-state index in [2.05, 4.69) is 0 Å². The Morgan fingerprint density at radius 2 is 1.58 bits per heavy atom. The lowest BCUT2D eigenvalue weighted by atomic mass is 10.1. The number of carbonyl (C=O) groups excluding carboxylic acids is 2. The molecule has 10 heteroatoms. The largest absolute Gasteiger partial charge is 0.497 e. The summed E-state index contributed by atoms with van der Waals surface area (Å²) in [5.74, 6) is -0.0766. The van der Waals surface area contributed by atoms with E-state index in [9.17, 15) is 18.0 Å². The SMILES string of the molecule is COC(=O)CN(Cc1cc(OC)cc(OC)c1)C(=O)c1cccc(S(=O)(=O)N(C)C(C)C)c1. The predicted octanol–water partition coefficient (Wildman–Crippen LogP) is 2.55. The van der Waals surface area contributed by atoms with Gasteiger partial charge in [0.1, 0.15) is 18.0 Å². The molecule has 0 fully saturated rings. The van der Waals surface area contributed by atoms with Crippen molar-refractivity contribution in [2.45, 2.75) is 31.3 Å². The highest BCUT2D eigenvalue weighted by atomic mass is 32.2. The topological polar surface area (TPSA) is 102 Å². The number of hydrogen-bond acceptors (Lipinski definition) is 7. The highest BCUT2D eigenvalue weighted by molar-refractivity contribution is 7.89. The Balaban J connectivity index is 2.44. The van der Waals surface area contributed by atoms with E-state index in [4.69, 9.17) is 14.2 Å². The second kappa shape index (κ2) is 11.2. The van der Waals surface area contributed by atoms with Gasteiger partial charge in [-0.15, -0.1) is 0 Å². The van der Waals surface area contributed by atoms with Gasteiger partial charge in [-0.1, -0.05) is 6.07 Å². The maximum atomic E-state index is 13.3. The van der Waals surface area contributed by atoms with Gasteiger partial charge in [0, 0.05) is 31.3 Å². The zero-order chi connectivity index (χ0) is 24.8. The maximum absolute atomic E-state index is 13.3. The Labute approximate surface area is 194 Å². The summed E-state index contributed by atoms with van der Waals surface area (Å²) in [5, 5.41) is 0. The number of esters is 1. The van der Waals surface area contributed by atoms with Crippen molar-refractivity contribution in [1.82, 2.24) is 9.21 Å². The van der Waals surface area contributed by atoms with Crippen LogP contribution in [0.1, 0.15) is 29.8 Å². The van der Waals surface area contributed by atoms with Gasteiger partial charge >= 0.3 is 5.97 Å². The minimum atomic E-state index is -3.79. The summed E-state index contributed by atoms with van der Waals surface area (Å²) in [6.45, 7) is 3.24. The van der Waals surface area contributed by atoms with Gasteiger partial charge in [0.15, 0.2) is 0 Å². The minimum Gasteiger partial charge on any atom is -0.497 e. The molecule has 33 heavy (non-hydrogen) atoms. The summed E-state index contributed by atoms with van der Waals surface area (Å²) in [4.78, 5) is 26.6. The lowest BCUT2D eigenvalue weighted by Crippen LogP contribution is -2.36. The van der Waals surface area contributed by atoms with Gasteiger partial charge in [0.05, 0.1) is 26.2 Å². The highest BCUT2D eigenvalue weighted by Crippen LogP contribution is 2.24. The molecule has 0 saturated heterocycles. The van der Waals surface area contributed by atoms with E-state index in [0.29, 0.717) is 17.1 Å². The lowest BCUT2D eigenvalue weighted by Gasteiger charge is -2.23. The van der Waals surface area contributed by atoms with E-state index in [-0.39, 0.29) is 29.6 Å². The quantitative estimate of drug-likeness (QED) is 0.484. The molecule has 0 aromatic heterocycles. The third-order valence-corrected chi connectivity index (χ3v) is 7.13. The number of carbonyl (C=O) groups is 2. The predicted molar refractivity (Wildman–Crippen MR) is 123 cm³/mol. The maximum Gasteiger partial charge on any atom is 0.325 e. The summed E-state index contributed by atoms with van der Waals surface area (Å²) >= 11 is 0. The summed E-state index contributed by atoms with van der Waals surface area (Å²) in [6, 6.07) is 10.6. The summed E-state index contributed by atoms with van der Waals surface area (Å²) in [7, 11) is 1.94.